The minimum absolute atomic E-state index is 0.143. The molecule has 2 aromatic rings. The van der Waals surface area contributed by atoms with Crippen molar-refractivity contribution in [1.29, 1.82) is 0 Å². The number of amides is 1. The Bertz CT molecular complexity index is 742. The predicted octanol–water partition coefficient (Wildman–Crippen LogP) is 1.58. The standard InChI is InChI=1S/C16H17FN4O2/c1-11-18-14(19-21(11)13-4-2-12(17)3-5-13)15(22)20-8-16(9-20)6-7-23-10-16/h2-5H,6-10H2,1H3. The van der Waals surface area contributed by atoms with Gasteiger partial charge in [-0.3, -0.25) is 4.79 Å². The Morgan fingerprint density at radius 3 is 2.70 bits per heavy atom. The molecule has 23 heavy (non-hydrogen) atoms. The van der Waals surface area contributed by atoms with Crippen LogP contribution in [-0.2, 0) is 4.74 Å². The number of carbonyl (C=O) groups is 1. The van der Waals surface area contributed by atoms with Gasteiger partial charge in [-0.05, 0) is 37.6 Å². The molecule has 2 saturated heterocycles. The Morgan fingerprint density at radius 2 is 2.04 bits per heavy atom. The summed E-state index contributed by atoms with van der Waals surface area (Å²) in [5.74, 6) is 0.305. The normalized spacial score (nSPS) is 19.1. The van der Waals surface area contributed by atoms with Crippen molar-refractivity contribution in [3.63, 3.8) is 0 Å². The van der Waals surface area contributed by atoms with E-state index in [1.807, 2.05) is 0 Å². The van der Waals surface area contributed by atoms with Gasteiger partial charge in [0.25, 0.3) is 5.91 Å². The molecule has 1 amide bonds. The van der Waals surface area contributed by atoms with E-state index in [0.717, 1.165) is 19.6 Å². The van der Waals surface area contributed by atoms with Crippen molar-refractivity contribution in [2.24, 2.45) is 5.41 Å². The number of likely N-dealkylation sites (tertiary alicyclic amines) is 1. The molecular formula is C16H17FN4O2. The van der Waals surface area contributed by atoms with Crippen molar-refractivity contribution in [3.05, 3.63) is 41.7 Å². The molecule has 3 heterocycles. The van der Waals surface area contributed by atoms with E-state index < -0.39 is 0 Å². The van der Waals surface area contributed by atoms with Crippen molar-refractivity contribution >= 4 is 5.91 Å². The average Bonchev–Trinajstić information content (AvgIpc) is 3.13. The summed E-state index contributed by atoms with van der Waals surface area (Å²) < 4.78 is 20.0. The first-order valence-electron chi connectivity index (χ1n) is 7.63. The number of hydrogen-bond acceptors (Lipinski definition) is 4. The van der Waals surface area contributed by atoms with Crippen LogP contribution in [0.4, 0.5) is 4.39 Å². The number of halogens is 1. The van der Waals surface area contributed by atoms with Gasteiger partial charge in [0.2, 0.25) is 5.82 Å². The first kappa shape index (κ1) is 14.3. The first-order valence-corrected chi connectivity index (χ1v) is 7.63. The monoisotopic (exact) mass is 316 g/mol. The number of carbonyl (C=O) groups excluding carboxylic acids is 1. The summed E-state index contributed by atoms with van der Waals surface area (Å²) in [5.41, 5.74) is 0.823. The van der Waals surface area contributed by atoms with Crippen LogP contribution in [0.3, 0.4) is 0 Å². The van der Waals surface area contributed by atoms with Gasteiger partial charge >= 0.3 is 0 Å². The SMILES string of the molecule is Cc1nc(C(=O)N2CC3(CCOC3)C2)nn1-c1ccc(F)cc1. The zero-order valence-electron chi connectivity index (χ0n) is 12.8. The van der Waals surface area contributed by atoms with E-state index in [2.05, 4.69) is 10.1 Å². The molecule has 1 aromatic carbocycles. The van der Waals surface area contributed by atoms with E-state index in [-0.39, 0.29) is 23.0 Å². The van der Waals surface area contributed by atoms with Crippen LogP contribution in [0.1, 0.15) is 22.9 Å². The van der Waals surface area contributed by atoms with Crippen molar-refractivity contribution in [1.82, 2.24) is 19.7 Å². The largest absolute Gasteiger partial charge is 0.381 e. The molecule has 0 atom stereocenters. The maximum atomic E-state index is 13.0. The minimum Gasteiger partial charge on any atom is -0.381 e. The van der Waals surface area contributed by atoms with E-state index in [0.29, 0.717) is 24.6 Å². The number of benzene rings is 1. The van der Waals surface area contributed by atoms with Crippen LogP contribution in [0, 0.1) is 18.2 Å². The van der Waals surface area contributed by atoms with Gasteiger partial charge in [-0.15, -0.1) is 5.10 Å². The molecule has 6 nitrogen and oxygen atoms in total. The quantitative estimate of drug-likeness (QED) is 0.844. The summed E-state index contributed by atoms with van der Waals surface area (Å²) in [4.78, 5) is 18.5. The van der Waals surface area contributed by atoms with Crippen LogP contribution in [0.15, 0.2) is 24.3 Å². The molecule has 0 radical (unpaired) electrons. The zero-order valence-corrected chi connectivity index (χ0v) is 12.8. The van der Waals surface area contributed by atoms with Gasteiger partial charge in [-0.25, -0.2) is 14.1 Å². The van der Waals surface area contributed by atoms with Crippen LogP contribution in [-0.4, -0.2) is 51.9 Å². The lowest BCUT2D eigenvalue weighted by Gasteiger charge is -2.46. The predicted molar refractivity (Wildman–Crippen MR) is 79.8 cm³/mol. The Labute approximate surface area is 132 Å². The highest BCUT2D eigenvalue weighted by Gasteiger charge is 2.48. The van der Waals surface area contributed by atoms with Crippen LogP contribution >= 0.6 is 0 Å². The molecule has 0 aliphatic carbocycles. The number of nitrogens with zero attached hydrogens (tertiary/aromatic N) is 4. The Hall–Kier alpha value is -2.28. The molecule has 0 saturated carbocycles. The van der Waals surface area contributed by atoms with Gasteiger partial charge in [0.1, 0.15) is 11.6 Å². The molecule has 1 spiro atoms. The molecule has 0 bridgehead atoms. The number of aryl methyl sites for hydroxylation is 1. The fraction of sp³-hybridized carbons (Fsp3) is 0.438. The lowest BCUT2D eigenvalue weighted by molar-refractivity contribution is -0.000480. The maximum absolute atomic E-state index is 13.0. The molecule has 7 heteroatoms. The molecule has 120 valence electrons. The fourth-order valence-corrected chi connectivity index (χ4v) is 3.25. The lowest BCUT2D eigenvalue weighted by atomic mass is 9.79. The minimum atomic E-state index is -0.313. The lowest BCUT2D eigenvalue weighted by Crippen LogP contribution is -2.59. The number of aromatic nitrogens is 3. The number of hydrogen-bond donors (Lipinski definition) is 0. The van der Waals surface area contributed by atoms with Gasteiger partial charge in [-0.2, -0.15) is 0 Å². The summed E-state index contributed by atoms with van der Waals surface area (Å²) in [5, 5.41) is 4.29. The highest BCUT2D eigenvalue weighted by Crippen LogP contribution is 2.38. The molecule has 4 rings (SSSR count). The summed E-state index contributed by atoms with van der Waals surface area (Å²) >= 11 is 0. The third-order valence-electron chi connectivity index (χ3n) is 4.56. The molecule has 0 N–H and O–H groups in total. The van der Waals surface area contributed by atoms with Crippen molar-refractivity contribution in [3.8, 4) is 5.69 Å². The Balaban J connectivity index is 1.53. The maximum Gasteiger partial charge on any atom is 0.293 e. The van der Waals surface area contributed by atoms with E-state index in [1.165, 1.54) is 12.1 Å². The van der Waals surface area contributed by atoms with Gasteiger partial charge in [0.15, 0.2) is 0 Å². The second-order valence-electron chi connectivity index (χ2n) is 6.33. The zero-order chi connectivity index (χ0) is 16.0. The van der Waals surface area contributed by atoms with Crippen molar-refractivity contribution < 1.29 is 13.9 Å². The fourth-order valence-electron chi connectivity index (χ4n) is 3.25. The Morgan fingerprint density at radius 1 is 1.30 bits per heavy atom. The third kappa shape index (κ3) is 2.41. The molecule has 2 fully saturated rings. The first-order chi connectivity index (χ1) is 11.1. The van der Waals surface area contributed by atoms with E-state index in [4.69, 9.17) is 4.74 Å². The van der Waals surface area contributed by atoms with Crippen molar-refractivity contribution in [2.45, 2.75) is 13.3 Å². The number of rotatable bonds is 2. The molecule has 1 aromatic heterocycles. The smallest absolute Gasteiger partial charge is 0.293 e. The summed E-state index contributed by atoms with van der Waals surface area (Å²) in [6.07, 6.45) is 1.01. The van der Waals surface area contributed by atoms with Crippen LogP contribution in [0.5, 0.6) is 0 Å². The van der Waals surface area contributed by atoms with Crippen LogP contribution < -0.4 is 0 Å². The van der Waals surface area contributed by atoms with Crippen molar-refractivity contribution in [2.75, 3.05) is 26.3 Å². The van der Waals surface area contributed by atoms with E-state index in [9.17, 15) is 9.18 Å². The summed E-state index contributed by atoms with van der Waals surface area (Å²) in [6.45, 7) is 4.69. The van der Waals surface area contributed by atoms with Crippen LogP contribution in [0.25, 0.3) is 5.69 Å². The highest BCUT2D eigenvalue weighted by atomic mass is 19.1. The Kier molecular flexibility index (Phi) is 3.19. The number of ether oxygens (including phenoxy) is 1. The van der Waals surface area contributed by atoms with Gasteiger partial charge < -0.3 is 9.64 Å². The highest BCUT2D eigenvalue weighted by molar-refractivity contribution is 5.91. The second-order valence-corrected chi connectivity index (χ2v) is 6.33. The molecular weight excluding hydrogens is 299 g/mol. The topological polar surface area (TPSA) is 60.3 Å². The van der Waals surface area contributed by atoms with E-state index in [1.54, 1.807) is 28.6 Å². The summed E-state index contributed by atoms with van der Waals surface area (Å²) in [7, 11) is 0. The average molecular weight is 316 g/mol. The third-order valence-corrected chi connectivity index (χ3v) is 4.56. The molecule has 0 unspecified atom stereocenters. The van der Waals surface area contributed by atoms with Gasteiger partial charge in [0.05, 0.1) is 12.3 Å². The summed E-state index contributed by atoms with van der Waals surface area (Å²) in [6, 6.07) is 5.94. The van der Waals surface area contributed by atoms with Crippen LogP contribution in [0.2, 0.25) is 0 Å². The van der Waals surface area contributed by atoms with Gasteiger partial charge in [-0.1, -0.05) is 0 Å². The van der Waals surface area contributed by atoms with Gasteiger partial charge in [0, 0.05) is 25.1 Å². The molecule has 2 aliphatic rings. The van der Waals surface area contributed by atoms with E-state index >= 15 is 0 Å². The molecule has 2 aliphatic heterocycles. The second kappa shape index (κ2) is 5.13.